The fourth-order valence-corrected chi connectivity index (χ4v) is 3.33. The number of nitrogens with one attached hydrogen (secondary N) is 2. The van der Waals surface area contributed by atoms with Crippen molar-refractivity contribution in [1.82, 2.24) is 15.5 Å². The molecule has 0 radical (unpaired) electrons. The Hall–Kier alpha value is -3.00. The molecule has 0 aliphatic carbocycles. The van der Waals surface area contributed by atoms with Gasteiger partial charge in [0.1, 0.15) is 11.6 Å². The van der Waals surface area contributed by atoms with Gasteiger partial charge >= 0.3 is 11.8 Å². The molecular weight excluding hydrogens is 390 g/mol. The Labute approximate surface area is 174 Å². The molecule has 30 heavy (non-hydrogen) atoms. The molecule has 0 unspecified atom stereocenters. The number of carbonyl (C=O) groups is 2. The molecule has 0 atom stereocenters. The highest BCUT2D eigenvalue weighted by molar-refractivity contribution is 6.35. The molecule has 2 aromatic rings. The largest absolute Gasteiger partial charge is 0.369 e. The van der Waals surface area contributed by atoms with Gasteiger partial charge in [-0.25, -0.2) is 8.78 Å². The maximum Gasteiger partial charge on any atom is 0.309 e. The van der Waals surface area contributed by atoms with Crippen molar-refractivity contribution in [3.63, 3.8) is 0 Å². The van der Waals surface area contributed by atoms with Crippen LogP contribution in [-0.2, 0) is 16.1 Å². The maximum absolute atomic E-state index is 13.0. The first-order valence-electron chi connectivity index (χ1n) is 10.0. The van der Waals surface area contributed by atoms with E-state index in [0.29, 0.717) is 6.54 Å². The van der Waals surface area contributed by atoms with Gasteiger partial charge in [-0.3, -0.25) is 14.5 Å². The quantitative estimate of drug-likeness (QED) is 0.535. The van der Waals surface area contributed by atoms with E-state index in [2.05, 4.69) is 20.4 Å². The minimum absolute atomic E-state index is 0.171. The number of anilines is 1. The van der Waals surface area contributed by atoms with E-state index in [1.165, 1.54) is 24.3 Å². The molecule has 1 aliphatic rings. The fourth-order valence-electron chi connectivity index (χ4n) is 3.33. The Kier molecular flexibility index (Phi) is 7.73. The number of halogens is 2. The van der Waals surface area contributed by atoms with Crippen LogP contribution in [-0.4, -0.2) is 56.0 Å². The van der Waals surface area contributed by atoms with Crippen molar-refractivity contribution in [2.75, 3.05) is 44.2 Å². The van der Waals surface area contributed by atoms with Crippen LogP contribution in [0.25, 0.3) is 0 Å². The Morgan fingerprint density at radius 3 is 2.00 bits per heavy atom. The van der Waals surface area contributed by atoms with Crippen LogP contribution >= 0.6 is 0 Å². The summed E-state index contributed by atoms with van der Waals surface area (Å²) in [5, 5.41) is 5.14. The zero-order chi connectivity index (χ0) is 21.3. The standard InChI is InChI=1S/C22H26F2N4O2/c23-18-4-2-17(3-5-18)16-26-22(30)21(29)25-10-1-11-27-12-14-28(15-13-27)20-8-6-19(24)7-9-20/h2-9H,1,10-16H2,(H,25,29)(H,26,30). The molecule has 2 N–H and O–H groups in total. The number of nitrogens with zero attached hydrogens (tertiary/aromatic N) is 2. The first kappa shape index (κ1) is 21.7. The second-order valence-corrected chi connectivity index (χ2v) is 7.22. The first-order chi connectivity index (χ1) is 14.5. The van der Waals surface area contributed by atoms with Gasteiger partial charge in [-0.15, -0.1) is 0 Å². The van der Waals surface area contributed by atoms with Crippen molar-refractivity contribution in [2.24, 2.45) is 0 Å². The van der Waals surface area contributed by atoms with Crippen LogP contribution in [0.1, 0.15) is 12.0 Å². The number of rotatable bonds is 7. The summed E-state index contributed by atoms with van der Waals surface area (Å²) < 4.78 is 25.9. The zero-order valence-electron chi connectivity index (χ0n) is 16.7. The predicted molar refractivity (Wildman–Crippen MR) is 111 cm³/mol. The summed E-state index contributed by atoms with van der Waals surface area (Å²) >= 11 is 0. The average molecular weight is 416 g/mol. The van der Waals surface area contributed by atoms with Crippen LogP contribution in [0.3, 0.4) is 0 Å². The van der Waals surface area contributed by atoms with E-state index >= 15 is 0 Å². The van der Waals surface area contributed by atoms with Gasteiger partial charge in [-0.2, -0.15) is 0 Å². The van der Waals surface area contributed by atoms with E-state index in [9.17, 15) is 18.4 Å². The zero-order valence-corrected chi connectivity index (χ0v) is 16.7. The molecule has 3 rings (SSSR count). The second kappa shape index (κ2) is 10.7. The Balaban J connectivity index is 1.28. The van der Waals surface area contributed by atoms with Gasteiger partial charge in [0.2, 0.25) is 0 Å². The summed E-state index contributed by atoms with van der Waals surface area (Å²) in [5.74, 6) is -1.95. The smallest absolute Gasteiger partial charge is 0.309 e. The van der Waals surface area contributed by atoms with Crippen LogP contribution in [0.2, 0.25) is 0 Å². The molecule has 1 fully saturated rings. The summed E-state index contributed by atoms with van der Waals surface area (Å²) in [4.78, 5) is 28.2. The van der Waals surface area contributed by atoms with Gasteiger partial charge in [-0.1, -0.05) is 12.1 Å². The molecule has 0 bridgehead atoms. The minimum Gasteiger partial charge on any atom is -0.369 e. The molecule has 0 spiro atoms. The monoisotopic (exact) mass is 416 g/mol. The van der Waals surface area contributed by atoms with Crippen molar-refractivity contribution in [3.8, 4) is 0 Å². The SMILES string of the molecule is O=C(NCCCN1CCN(c2ccc(F)cc2)CC1)C(=O)NCc1ccc(F)cc1. The summed E-state index contributed by atoms with van der Waals surface area (Å²) in [7, 11) is 0. The molecule has 160 valence electrons. The van der Waals surface area contributed by atoms with E-state index < -0.39 is 11.8 Å². The molecule has 0 saturated carbocycles. The lowest BCUT2D eigenvalue weighted by atomic mass is 10.2. The van der Waals surface area contributed by atoms with Crippen molar-refractivity contribution in [2.45, 2.75) is 13.0 Å². The molecule has 1 aliphatic heterocycles. The Morgan fingerprint density at radius 1 is 0.800 bits per heavy atom. The number of piperazine rings is 1. The van der Waals surface area contributed by atoms with Gasteiger partial charge in [0.05, 0.1) is 0 Å². The first-order valence-corrected chi connectivity index (χ1v) is 10.0. The van der Waals surface area contributed by atoms with Gasteiger partial charge < -0.3 is 15.5 Å². The fraction of sp³-hybridized carbons (Fsp3) is 0.364. The van der Waals surface area contributed by atoms with Crippen molar-refractivity contribution < 1.29 is 18.4 Å². The Morgan fingerprint density at radius 2 is 1.37 bits per heavy atom. The minimum atomic E-state index is -0.702. The maximum atomic E-state index is 13.0. The summed E-state index contributed by atoms with van der Waals surface area (Å²) in [5.41, 5.74) is 1.74. The molecular formula is C22H26F2N4O2. The predicted octanol–water partition coefficient (Wildman–Crippen LogP) is 1.91. The van der Waals surface area contributed by atoms with Crippen LogP contribution in [0.4, 0.5) is 14.5 Å². The highest BCUT2D eigenvalue weighted by atomic mass is 19.1. The number of hydrogen-bond donors (Lipinski definition) is 2. The Bertz CT molecular complexity index is 835. The summed E-state index contributed by atoms with van der Waals surface area (Å²) in [6.07, 6.45) is 0.744. The van der Waals surface area contributed by atoms with E-state index in [-0.39, 0.29) is 18.2 Å². The molecule has 1 heterocycles. The van der Waals surface area contributed by atoms with Crippen LogP contribution < -0.4 is 15.5 Å². The summed E-state index contributed by atoms with van der Waals surface area (Å²) in [6.45, 7) is 4.93. The molecule has 8 heteroatoms. The number of hydrogen-bond acceptors (Lipinski definition) is 4. The lowest BCUT2D eigenvalue weighted by Gasteiger charge is -2.36. The third-order valence-electron chi connectivity index (χ3n) is 5.07. The van der Waals surface area contributed by atoms with Gasteiger partial charge in [0, 0.05) is 45.0 Å². The van der Waals surface area contributed by atoms with E-state index in [0.717, 1.165) is 50.4 Å². The van der Waals surface area contributed by atoms with Gasteiger partial charge in [0.15, 0.2) is 0 Å². The lowest BCUT2D eigenvalue weighted by Crippen LogP contribution is -2.47. The number of carbonyl (C=O) groups excluding carboxylic acids is 2. The van der Waals surface area contributed by atoms with Crippen LogP contribution in [0.15, 0.2) is 48.5 Å². The van der Waals surface area contributed by atoms with Crippen LogP contribution in [0, 0.1) is 11.6 Å². The number of amides is 2. The molecule has 6 nitrogen and oxygen atoms in total. The van der Waals surface area contributed by atoms with Gasteiger partial charge in [0.25, 0.3) is 0 Å². The highest BCUT2D eigenvalue weighted by Crippen LogP contribution is 2.16. The topological polar surface area (TPSA) is 64.7 Å². The van der Waals surface area contributed by atoms with E-state index in [1.54, 1.807) is 24.3 Å². The van der Waals surface area contributed by atoms with Crippen molar-refractivity contribution in [1.29, 1.82) is 0 Å². The molecule has 2 aromatic carbocycles. The normalized spacial score (nSPS) is 14.4. The average Bonchev–Trinajstić information content (AvgIpc) is 2.77. The van der Waals surface area contributed by atoms with E-state index in [4.69, 9.17) is 0 Å². The second-order valence-electron chi connectivity index (χ2n) is 7.22. The molecule has 0 aromatic heterocycles. The van der Waals surface area contributed by atoms with Crippen molar-refractivity contribution in [3.05, 3.63) is 65.7 Å². The van der Waals surface area contributed by atoms with E-state index in [1.807, 2.05) is 0 Å². The molecule has 2 amide bonds. The highest BCUT2D eigenvalue weighted by Gasteiger charge is 2.17. The summed E-state index contributed by atoms with van der Waals surface area (Å²) in [6, 6.07) is 12.3. The lowest BCUT2D eigenvalue weighted by molar-refractivity contribution is -0.139. The third-order valence-corrected chi connectivity index (χ3v) is 5.07. The van der Waals surface area contributed by atoms with Crippen LogP contribution in [0.5, 0.6) is 0 Å². The van der Waals surface area contributed by atoms with Crippen molar-refractivity contribution >= 4 is 17.5 Å². The number of benzene rings is 2. The third kappa shape index (κ3) is 6.52. The molecule has 1 saturated heterocycles. The van der Waals surface area contributed by atoms with Gasteiger partial charge in [-0.05, 0) is 54.9 Å².